The third-order valence-corrected chi connectivity index (χ3v) is 4.79. The SMILES string of the molecule is Cn1cnc(COc2ccc(-c3ccc4ncccc4c3F)c3ncnc(N)c23)n1. The van der Waals surface area contributed by atoms with Crippen molar-refractivity contribution in [2.75, 3.05) is 5.73 Å². The Morgan fingerprint density at radius 1 is 1.03 bits per heavy atom. The van der Waals surface area contributed by atoms with E-state index in [0.717, 1.165) is 0 Å². The van der Waals surface area contributed by atoms with Gasteiger partial charge in [-0.05, 0) is 36.4 Å². The second-order valence-electron chi connectivity index (χ2n) is 6.71. The van der Waals surface area contributed by atoms with Crippen LogP contribution >= 0.6 is 0 Å². The summed E-state index contributed by atoms with van der Waals surface area (Å²) in [7, 11) is 1.78. The zero-order chi connectivity index (χ0) is 20.7. The summed E-state index contributed by atoms with van der Waals surface area (Å²) in [6.45, 7) is 0.152. The van der Waals surface area contributed by atoms with Crippen molar-refractivity contribution in [3.8, 4) is 16.9 Å². The van der Waals surface area contributed by atoms with E-state index in [-0.39, 0.29) is 18.2 Å². The molecule has 2 aromatic carbocycles. The minimum absolute atomic E-state index is 0.152. The Morgan fingerprint density at radius 2 is 1.90 bits per heavy atom. The molecular weight excluding hydrogens is 385 g/mol. The third kappa shape index (κ3) is 2.96. The lowest BCUT2D eigenvalue weighted by molar-refractivity contribution is 0.299. The number of nitrogens with two attached hydrogens (primary N) is 1. The molecule has 0 unspecified atom stereocenters. The number of halogens is 1. The number of pyridine rings is 1. The molecule has 3 heterocycles. The Labute approximate surface area is 170 Å². The van der Waals surface area contributed by atoms with Crippen molar-refractivity contribution in [2.45, 2.75) is 6.61 Å². The lowest BCUT2D eigenvalue weighted by Crippen LogP contribution is -2.02. The van der Waals surface area contributed by atoms with Crippen molar-refractivity contribution in [2.24, 2.45) is 7.05 Å². The zero-order valence-corrected chi connectivity index (χ0v) is 16.0. The maximum Gasteiger partial charge on any atom is 0.188 e. The van der Waals surface area contributed by atoms with Gasteiger partial charge in [0.2, 0.25) is 0 Å². The van der Waals surface area contributed by atoms with E-state index in [1.165, 1.54) is 6.33 Å². The number of aryl methyl sites for hydroxylation is 1. The van der Waals surface area contributed by atoms with Crippen molar-refractivity contribution in [3.05, 3.63) is 66.9 Å². The first-order valence-corrected chi connectivity index (χ1v) is 9.16. The Balaban J connectivity index is 1.64. The Hall–Kier alpha value is -4.14. The molecule has 0 saturated carbocycles. The number of rotatable bonds is 4. The van der Waals surface area contributed by atoms with Crippen molar-refractivity contribution >= 4 is 27.6 Å². The van der Waals surface area contributed by atoms with Crippen LogP contribution in [0.4, 0.5) is 10.2 Å². The Kier molecular flexibility index (Phi) is 4.20. The molecule has 5 rings (SSSR count). The van der Waals surface area contributed by atoms with E-state index in [2.05, 4.69) is 25.0 Å². The summed E-state index contributed by atoms with van der Waals surface area (Å²) < 4.78 is 22.8. The van der Waals surface area contributed by atoms with E-state index >= 15 is 4.39 Å². The molecule has 0 aliphatic heterocycles. The van der Waals surface area contributed by atoms with Gasteiger partial charge < -0.3 is 10.5 Å². The summed E-state index contributed by atoms with van der Waals surface area (Å²) in [5.74, 6) is 0.875. The minimum atomic E-state index is -0.370. The largest absolute Gasteiger partial charge is 0.485 e. The van der Waals surface area contributed by atoms with Gasteiger partial charge in [0, 0.05) is 29.8 Å². The van der Waals surface area contributed by atoms with Crippen LogP contribution in [0.25, 0.3) is 32.9 Å². The molecule has 0 fully saturated rings. The average molecular weight is 401 g/mol. The molecule has 9 heteroatoms. The molecule has 0 aliphatic carbocycles. The first-order valence-electron chi connectivity index (χ1n) is 9.16. The number of fused-ring (bicyclic) bond motifs is 2. The minimum Gasteiger partial charge on any atom is -0.485 e. The summed E-state index contributed by atoms with van der Waals surface area (Å²) in [5, 5.41) is 5.14. The zero-order valence-electron chi connectivity index (χ0n) is 16.0. The lowest BCUT2D eigenvalue weighted by Gasteiger charge is -2.13. The predicted octanol–water partition coefficient (Wildman–Crippen LogP) is 3.27. The highest BCUT2D eigenvalue weighted by Crippen LogP contribution is 2.38. The van der Waals surface area contributed by atoms with Crippen molar-refractivity contribution < 1.29 is 9.13 Å². The number of benzene rings is 2. The molecule has 0 bridgehead atoms. The predicted molar refractivity (Wildman–Crippen MR) is 110 cm³/mol. The topological polar surface area (TPSA) is 105 Å². The van der Waals surface area contributed by atoms with Crippen molar-refractivity contribution in [1.29, 1.82) is 0 Å². The van der Waals surface area contributed by atoms with Gasteiger partial charge in [0.25, 0.3) is 0 Å². The van der Waals surface area contributed by atoms with Gasteiger partial charge in [-0.15, -0.1) is 0 Å². The molecule has 0 radical (unpaired) electrons. The van der Waals surface area contributed by atoms with Gasteiger partial charge in [-0.3, -0.25) is 9.67 Å². The van der Waals surface area contributed by atoms with E-state index in [1.807, 2.05) is 0 Å². The molecule has 0 aliphatic rings. The van der Waals surface area contributed by atoms with Crippen LogP contribution < -0.4 is 10.5 Å². The van der Waals surface area contributed by atoms with Gasteiger partial charge >= 0.3 is 0 Å². The molecular formula is C21H16FN7O. The van der Waals surface area contributed by atoms with E-state index < -0.39 is 0 Å². The van der Waals surface area contributed by atoms with Crippen molar-refractivity contribution in [1.82, 2.24) is 29.7 Å². The second kappa shape index (κ2) is 7.03. The lowest BCUT2D eigenvalue weighted by atomic mass is 9.99. The van der Waals surface area contributed by atoms with Crippen LogP contribution in [0.2, 0.25) is 0 Å². The average Bonchev–Trinajstić information content (AvgIpc) is 3.18. The van der Waals surface area contributed by atoms with Crippen LogP contribution in [-0.2, 0) is 13.7 Å². The maximum atomic E-state index is 15.3. The smallest absolute Gasteiger partial charge is 0.188 e. The summed E-state index contributed by atoms with van der Waals surface area (Å²) in [6.07, 6.45) is 4.58. The van der Waals surface area contributed by atoms with Crippen LogP contribution in [0, 0.1) is 5.82 Å². The second-order valence-corrected chi connectivity index (χ2v) is 6.71. The van der Waals surface area contributed by atoms with E-state index in [4.69, 9.17) is 10.5 Å². The maximum absolute atomic E-state index is 15.3. The van der Waals surface area contributed by atoms with Crippen LogP contribution in [-0.4, -0.2) is 29.7 Å². The number of aromatic nitrogens is 6. The fourth-order valence-electron chi connectivity index (χ4n) is 3.42. The molecule has 0 amide bonds. The van der Waals surface area contributed by atoms with Crippen LogP contribution in [0.3, 0.4) is 0 Å². The first kappa shape index (κ1) is 17.9. The fraction of sp³-hybridized carbons (Fsp3) is 0.0952. The van der Waals surface area contributed by atoms with Gasteiger partial charge in [0.05, 0.1) is 16.4 Å². The molecule has 2 N–H and O–H groups in total. The first-order chi connectivity index (χ1) is 14.6. The molecule has 3 aromatic heterocycles. The van der Waals surface area contributed by atoms with Gasteiger partial charge in [0.1, 0.15) is 36.6 Å². The number of hydrogen-bond acceptors (Lipinski definition) is 7. The highest BCUT2D eigenvalue weighted by atomic mass is 19.1. The fourth-order valence-corrected chi connectivity index (χ4v) is 3.42. The normalized spacial score (nSPS) is 11.3. The monoisotopic (exact) mass is 401 g/mol. The van der Waals surface area contributed by atoms with E-state index in [9.17, 15) is 0 Å². The summed E-state index contributed by atoms with van der Waals surface area (Å²) in [5.41, 5.74) is 8.20. The Bertz CT molecular complexity index is 1400. The molecule has 8 nitrogen and oxygen atoms in total. The van der Waals surface area contributed by atoms with Gasteiger partial charge in [-0.1, -0.05) is 0 Å². The van der Waals surface area contributed by atoms with E-state index in [0.29, 0.717) is 44.5 Å². The van der Waals surface area contributed by atoms with Gasteiger partial charge in [-0.25, -0.2) is 19.3 Å². The number of ether oxygens (including phenoxy) is 1. The summed E-state index contributed by atoms with van der Waals surface area (Å²) >= 11 is 0. The van der Waals surface area contributed by atoms with Crippen LogP contribution in [0.5, 0.6) is 5.75 Å². The molecule has 0 atom stereocenters. The molecule has 148 valence electrons. The third-order valence-electron chi connectivity index (χ3n) is 4.79. The molecule has 0 spiro atoms. The summed E-state index contributed by atoms with van der Waals surface area (Å²) in [6, 6.07) is 10.4. The molecule has 30 heavy (non-hydrogen) atoms. The highest BCUT2D eigenvalue weighted by Gasteiger charge is 2.18. The van der Waals surface area contributed by atoms with Gasteiger partial charge in [0.15, 0.2) is 5.82 Å². The molecule has 0 saturated heterocycles. The Morgan fingerprint density at radius 3 is 2.73 bits per heavy atom. The van der Waals surface area contributed by atoms with Gasteiger partial charge in [-0.2, -0.15) is 5.10 Å². The number of hydrogen-bond donors (Lipinski definition) is 1. The standard InChI is InChI=1S/C21H16FN7O/c1-29-11-27-17(28-29)9-30-16-7-5-13(20-18(16)21(23)26-10-25-20)12-4-6-15-14(19(12)22)3-2-8-24-15/h2-8,10-11H,9H2,1H3,(H2,23,25,26). The van der Waals surface area contributed by atoms with Crippen LogP contribution in [0.1, 0.15) is 5.82 Å². The van der Waals surface area contributed by atoms with E-state index in [1.54, 1.807) is 60.7 Å². The highest BCUT2D eigenvalue weighted by molar-refractivity contribution is 6.03. The number of nitrogens with zero attached hydrogens (tertiary/aromatic N) is 6. The summed E-state index contributed by atoms with van der Waals surface area (Å²) in [4.78, 5) is 16.8. The molecule has 5 aromatic rings. The van der Waals surface area contributed by atoms with Crippen LogP contribution in [0.15, 0.2) is 55.2 Å². The number of nitrogen functional groups attached to an aromatic ring is 1. The quantitative estimate of drug-likeness (QED) is 0.493. The number of anilines is 1. The van der Waals surface area contributed by atoms with Crippen molar-refractivity contribution in [3.63, 3.8) is 0 Å².